The number of benzene rings is 1. The van der Waals surface area contributed by atoms with E-state index in [0.717, 1.165) is 17.9 Å². The molecule has 0 bridgehead atoms. The third-order valence-electron chi connectivity index (χ3n) is 3.12. The van der Waals surface area contributed by atoms with Gasteiger partial charge in [0.2, 0.25) is 5.91 Å². The van der Waals surface area contributed by atoms with Crippen molar-refractivity contribution in [3.63, 3.8) is 0 Å². The van der Waals surface area contributed by atoms with Gasteiger partial charge in [-0.3, -0.25) is 9.59 Å². The zero-order chi connectivity index (χ0) is 13.8. The average Bonchev–Trinajstić information content (AvgIpc) is 2.79. The molecule has 2 rings (SSSR count). The zero-order valence-electron chi connectivity index (χ0n) is 10.8. The fourth-order valence-corrected chi connectivity index (χ4v) is 2.11. The molecule has 19 heavy (non-hydrogen) atoms. The van der Waals surface area contributed by atoms with Crippen molar-refractivity contribution in [3.8, 4) is 5.75 Å². The number of anilines is 1. The van der Waals surface area contributed by atoms with E-state index in [1.165, 1.54) is 4.90 Å². The molecule has 1 heterocycles. The van der Waals surface area contributed by atoms with Crippen LogP contribution >= 0.6 is 0 Å². The Hall–Kier alpha value is -2.04. The highest BCUT2D eigenvalue weighted by Gasteiger charge is 2.37. The average molecular weight is 263 g/mol. The molecule has 5 nitrogen and oxygen atoms in total. The monoisotopic (exact) mass is 263 g/mol. The smallest absolute Gasteiger partial charge is 0.316 e. The molecule has 102 valence electrons. The van der Waals surface area contributed by atoms with Gasteiger partial charge in [0.05, 0.1) is 6.61 Å². The first-order chi connectivity index (χ1) is 9.13. The highest BCUT2D eigenvalue weighted by atomic mass is 16.5. The first-order valence-electron chi connectivity index (χ1n) is 6.40. The van der Waals surface area contributed by atoms with Gasteiger partial charge in [-0.15, -0.1) is 0 Å². The molecule has 1 aliphatic rings. The van der Waals surface area contributed by atoms with E-state index in [1.807, 2.05) is 6.92 Å². The summed E-state index contributed by atoms with van der Waals surface area (Å²) in [4.78, 5) is 24.3. The summed E-state index contributed by atoms with van der Waals surface area (Å²) in [5, 5.41) is 8.92. The van der Waals surface area contributed by atoms with Gasteiger partial charge in [0, 0.05) is 12.2 Å². The van der Waals surface area contributed by atoms with Crippen LogP contribution in [-0.4, -0.2) is 30.1 Å². The number of hydrogen-bond acceptors (Lipinski definition) is 3. The normalized spacial score (nSPS) is 18.7. The highest BCUT2D eigenvalue weighted by Crippen LogP contribution is 2.27. The topological polar surface area (TPSA) is 66.8 Å². The Morgan fingerprint density at radius 3 is 2.63 bits per heavy atom. The summed E-state index contributed by atoms with van der Waals surface area (Å²) in [6, 6.07) is 7.17. The number of carboxylic acids is 1. The molecule has 1 atom stereocenters. The van der Waals surface area contributed by atoms with E-state index >= 15 is 0 Å². The van der Waals surface area contributed by atoms with Crippen LogP contribution in [0.4, 0.5) is 5.69 Å². The van der Waals surface area contributed by atoms with Gasteiger partial charge < -0.3 is 14.7 Å². The van der Waals surface area contributed by atoms with Gasteiger partial charge in [0.1, 0.15) is 11.7 Å². The van der Waals surface area contributed by atoms with Crippen LogP contribution in [-0.2, 0) is 9.59 Å². The Morgan fingerprint density at radius 1 is 1.42 bits per heavy atom. The van der Waals surface area contributed by atoms with Crippen molar-refractivity contribution in [2.45, 2.75) is 19.8 Å². The van der Waals surface area contributed by atoms with Crippen LogP contribution in [0.1, 0.15) is 19.8 Å². The molecule has 5 heteroatoms. The van der Waals surface area contributed by atoms with E-state index in [-0.39, 0.29) is 5.91 Å². The molecule has 1 N–H and O–H groups in total. The molecular formula is C14H17NO4. The van der Waals surface area contributed by atoms with Gasteiger partial charge in [-0.1, -0.05) is 6.92 Å². The number of aliphatic carboxylic acids is 1. The molecule has 1 fully saturated rings. The largest absolute Gasteiger partial charge is 0.494 e. The number of hydrogen-bond donors (Lipinski definition) is 1. The Balaban J connectivity index is 2.07. The lowest BCUT2D eigenvalue weighted by Crippen LogP contribution is -2.29. The Kier molecular flexibility index (Phi) is 4.04. The molecule has 1 amide bonds. The van der Waals surface area contributed by atoms with Gasteiger partial charge in [-0.25, -0.2) is 0 Å². The maximum absolute atomic E-state index is 11.9. The molecular weight excluding hydrogens is 246 g/mol. The first-order valence-corrected chi connectivity index (χ1v) is 6.40. The van der Waals surface area contributed by atoms with Crippen molar-refractivity contribution in [2.24, 2.45) is 5.92 Å². The summed E-state index contributed by atoms with van der Waals surface area (Å²) in [6.45, 7) is 3.14. The maximum Gasteiger partial charge on any atom is 0.316 e. The lowest BCUT2D eigenvalue weighted by molar-refractivity contribution is -0.144. The summed E-state index contributed by atoms with van der Waals surface area (Å²) in [7, 11) is 0. The second-order valence-corrected chi connectivity index (χ2v) is 4.51. The highest BCUT2D eigenvalue weighted by molar-refractivity contribution is 6.07. The zero-order valence-corrected chi connectivity index (χ0v) is 10.8. The molecule has 0 saturated carbocycles. The minimum atomic E-state index is -1.05. The first kappa shape index (κ1) is 13.4. The van der Waals surface area contributed by atoms with Crippen molar-refractivity contribution in [1.29, 1.82) is 0 Å². The van der Waals surface area contributed by atoms with Crippen molar-refractivity contribution in [2.75, 3.05) is 18.1 Å². The SMILES string of the molecule is CCCOc1ccc(N2CCC(C(=O)O)C2=O)cc1. The second-order valence-electron chi connectivity index (χ2n) is 4.51. The van der Waals surface area contributed by atoms with Gasteiger partial charge in [-0.05, 0) is 37.1 Å². The minimum Gasteiger partial charge on any atom is -0.494 e. The number of amides is 1. The number of rotatable bonds is 5. The van der Waals surface area contributed by atoms with Crippen LogP contribution in [0.3, 0.4) is 0 Å². The molecule has 1 unspecified atom stereocenters. The van der Waals surface area contributed by atoms with Gasteiger partial charge in [0.25, 0.3) is 0 Å². The number of carbonyl (C=O) groups is 2. The quantitative estimate of drug-likeness (QED) is 0.824. The number of carboxylic acid groups (broad SMARTS) is 1. The van der Waals surface area contributed by atoms with Crippen molar-refractivity contribution >= 4 is 17.6 Å². The third-order valence-corrected chi connectivity index (χ3v) is 3.12. The van der Waals surface area contributed by atoms with Crippen LogP contribution in [0.15, 0.2) is 24.3 Å². The van der Waals surface area contributed by atoms with E-state index in [2.05, 4.69) is 0 Å². The summed E-state index contributed by atoms with van der Waals surface area (Å²) < 4.78 is 5.46. The predicted molar refractivity (Wildman–Crippen MR) is 70.3 cm³/mol. The van der Waals surface area contributed by atoms with Crippen molar-refractivity contribution < 1.29 is 19.4 Å². The molecule has 1 saturated heterocycles. The molecule has 1 aromatic rings. The summed E-state index contributed by atoms with van der Waals surface area (Å²) in [6.07, 6.45) is 1.30. The summed E-state index contributed by atoms with van der Waals surface area (Å²) in [5.41, 5.74) is 0.720. The van der Waals surface area contributed by atoms with E-state index in [9.17, 15) is 9.59 Å². The Morgan fingerprint density at radius 2 is 2.11 bits per heavy atom. The van der Waals surface area contributed by atoms with Crippen LogP contribution in [0.2, 0.25) is 0 Å². The van der Waals surface area contributed by atoms with Gasteiger partial charge >= 0.3 is 5.97 Å². The molecule has 0 aliphatic carbocycles. The number of carbonyl (C=O) groups excluding carboxylic acids is 1. The molecule has 0 radical (unpaired) electrons. The number of ether oxygens (including phenoxy) is 1. The Bertz CT molecular complexity index is 469. The van der Waals surface area contributed by atoms with Crippen molar-refractivity contribution in [3.05, 3.63) is 24.3 Å². The standard InChI is InChI=1S/C14H17NO4/c1-2-9-19-11-5-3-10(4-6-11)15-8-7-12(13(15)16)14(17)18/h3-6,12H,2,7-9H2,1H3,(H,17,18). The third kappa shape index (κ3) is 2.86. The Labute approximate surface area is 111 Å². The maximum atomic E-state index is 11.9. The van der Waals surface area contributed by atoms with Crippen molar-refractivity contribution in [1.82, 2.24) is 0 Å². The van der Waals surface area contributed by atoms with E-state index in [0.29, 0.717) is 19.6 Å². The molecule has 1 aromatic carbocycles. The predicted octanol–water partition coefficient (Wildman–Crippen LogP) is 1.91. The van der Waals surface area contributed by atoms with E-state index in [4.69, 9.17) is 9.84 Å². The lowest BCUT2D eigenvalue weighted by Gasteiger charge is -2.16. The number of nitrogens with zero attached hydrogens (tertiary/aromatic N) is 1. The van der Waals surface area contributed by atoms with Gasteiger partial charge in [0.15, 0.2) is 0 Å². The van der Waals surface area contributed by atoms with Crippen LogP contribution in [0.25, 0.3) is 0 Å². The fourth-order valence-electron chi connectivity index (χ4n) is 2.11. The van der Waals surface area contributed by atoms with Crippen LogP contribution < -0.4 is 9.64 Å². The minimum absolute atomic E-state index is 0.338. The summed E-state index contributed by atoms with van der Waals surface area (Å²) in [5.74, 6) is -1.53. The lowest BCUT2D eigenvalue weighted by atomic mass is 10.1. The molecule has 0 spiro atoms. The summed E-state index contributed by atoms with van der Waals surface area (Å²) >= 11 is 0. The second kappa shape index (κ2) is 5.73. The van der Waals surface area contributed by atoms with Crippen LogP contribution in [0.5, 0.6) is 5.75 Å². The molecule has 1 aliphatic heterocycles. The van der Waals surface area contributed by atoms with Crippen LogP contribution in [0, 0.1) is 5.92 Å². The van der Waals surface area contributed by atoms with E-state index < -0.39 is 11.9 Å². The van der Waals surface area contributed by atoms with E-state index in [1.54, 1.807) is 24.3 Å². The fraction of sp³-hybridized carbons (Fsp3) is 0.429. The van der Waals surface area contributed by atoms with Gasteiger partial charge in [-0.2, -0.15) is 0 Å². The molecule has 0 aromatic heterocycles.